The van der Waals surface area contributed by atoms with Gasteiger partial charge in [0.1, 0.15) is 5.76 Å². The third-order valence-corrected chi connectivity index (χ3v) is 6.13. The molecular weight excluding hydrogens is 420 g/mol. The van der Waals surface area contributed by atoms with Crippen LogP contribution in [0, 0.1) is 0 Å². The lowest BCUT2D eigenvalue weighted by molar-refractivity contribution is -0.132. The highest BCUT2D eigenvalue weighted by Gasteiger charge is 2.47. The van der Waals surface area contributed by atoms with E-state index in [1.165, 1.54) is 16.2 Å². The Labute approximate surface area is 183 Å². The second-order valence-electron chi connectivity index (χ2n) is 7.31. The van der Waals surface area contributed by atoms with Gasteiger partial charge in [0.15, 0.2) is 5.13 Å². The SMILES string of the molecule is CC(C)c1ccc([C@H]2/C(=C(\O)c3ccc(Cl)cc3)C(=O)C(=O)N2c2nccs2)cc1. The standard InChI is InChI=1S/C23H19ClN2O3S/c1-13(2)14-3-5-15(6-4-14)19-18(20(27)16-7-9-17(24)10-8-16)21(28)22(29)26(19)23-25-11-12-30-23/h3-13,19,27H,1-2H3/b20-18+/t19-/m0/s1. The molecule has 4 rings (SSSR count). The minimum absolute atomic E-state index is 0.0369. The van der Waals surface area contributed by atoms with Crippen molar-refractivity contribution in [1.29, 1.82) is 0 Å². The summed E-state index contributed by atoms with van der Waals surface area (Å²) < 4.78 is 0. The maximum atomic E-state index is 13.0. The molecule has 152 valence electrons. The molecule has 1 N–H and O–H groups in total. The molecule has 1 aliphatic heterocycles. The van der Waals surface area contributed by atoms with E-state index < -0.39 is 17.7 Å². The number of thiazole rings is 1. The number of benzene rings is 2. The number of carbonyl (C=O) groups is 2. The quantitative estimate of drug-likeness (QED) is 0.329. The maximum Gasteiger partial charge on any atom is 0.301 e. The number of aliphatic hydroxyl groups is 1. The number of ketones is 1. The molecule has 5 nitrogen and oxygen atoms in total. The van der Waals surface area contributed by atoms with Gasteiger partial charge < -0.3 is 5.11 Å². The Morgan fingerprint density at radius 1 is 1.10 bits per heavy atom. The number of amides is 1. The molecule has 7 heteroatoms. The van der Waals surface area contributed by atoms with Crippen LogP contribution < -0.4 is 4.90 Å². The minimum atomic E-state index is -0.770. The Kier molecular flexibility index (Phi) is 5.45. The Hall–Kier alpha value is -2.96. The number of nitrogens with zero attached hydrogens (tertiary/aromatic N) is 2. The number of aromatic nitrogens is 1. The van der Waals surface area contributed by atoms with Crippen molar-refractivity contribution in [3.8, 4) is 0 Å². The van der Waals surface area contributed by atoms with Gasteiger partial charge in [0.2, 0.25) is 0 Å². The first-order valence-corrected chi connectivity index (χ1v) is 10.7. The van der Waals surface area contributed by atoms with Gasteiger partial charge in [-0.05, 0) is 41.3 Å². The molecule has 1 saturated heterocycles. The normalized spacial score (nSPS) is 18.4. The molecule has 1 amide bonds. The average molecular weight is 439 g/mol. The van der Waals surface area contributed by atoms with Gasteiger partial charge in [-0.3, -0.25) is 14.5 Å². The number of aliphatic hydroxyl groups excluding tert-OH is 1. The summed E-state index contributed by atoms with van der Waals surface area (Å²) in [5.74, 6) is -1.34. The second kappa shape index (κ2) is 8.05. The topological polar surface area (TPSA) is 70.5 Å². The van der Waals surface area contributed by atoms with Gasteiger partial charge in [-0.25, -0.2) is 4.98 Å². The third kappa shape index (κ3) is 3.53. The number of hydrogen-bond donors (Lipinski definition) is 1. The number of hydrogen-bond acceptors (Lipinski definition) is 5. The lowest BCUT2D eigenvalue weighted by atomic mass is 9.93. The van der Waals surface area contributed by atoms with Gasteiger partial charge in [-0.15, -0.1) is 11.3 Å². The smallest absolute Gasteiger partial charge is 0.301 e. The van der Waals surface area contributed by atoms with Crippen molar-refractivity contribution in [2.45, 2.75) is 25.8 Å². The van der Waals surface area contributed by atoms with E-state index in [0.29, 0.717) is 21.6 Å². The zero-order valence-corrected chi connectivity index (χ0v) is 17.9. The van der Waals surface area contributed by atoms with Crippen LogP contribution in [0.25, 0.3) is 5.76 Å². The monoisotopic (exact) mass is 438 g/mol. The lowest BCUT2D eigenvalue weighted by Crippen LogP contribution is -2.29. The van der Waals surface area contributed by atoms with Crippen LogP contribution in [0.1, 0.15) is 42.5 Å². The molecule has 1 aliphatic rings. The summed E-state index contributed by atoms with van der Waals surface area (Å²) in [5.41, 5.74) is 2.32. The summed E-state index contributed by atoms with van der Waals surface area (Å²) in [6.45, 7) is 4.19. The summed E-state index contributed by atoms with van der Waals surface area (Å²) >= 11 is 7.21. The van der Waals surface area contributed by atoms with E-state index in [1.54, 1.807) is 35.8 Å². The number of rotatable bonds is 4. The van der Waals surface area contributed by atoms with E-state index in [1.807, 2.05) is 24.3 Å². The highest BCUT2D eigenvalue weighted by molar-refractivity contribution is 7.14. The number of carbonyl (C=O) groups excluding carboxylic acids is 2. The molecule has 0 spiro atoms. The van der Waals surface area contributed by atoms with Gasteiger partial charge in [-0.2, -0.15) is 0 Å². The predicted molar refractivity (Wildman–Crippen MR) is 119 cm³/mol. The Balaban J connectivity index is 1.90. The first-order valence-electron chi connectivity index (χ1n) is 9.44. The molecular formula is C23H19ClN2O3S. The summed E-state index contributed by atoms with van der Waals surface area (Å²) in [6.07, 6.45) is 1.58. The lowest BCUT2D eigenvalue weighted by Gasteiger charge is -2.23. The van der Waals surface area contributed by atoms with E-state index in [2.05, 4.69) is 18.8 Å². The van der Waals surface area contributed by atoms with Gasteiger partial charge in [-0.1, -0.05) is 49.7 Å². The fraction of sp³-hybridized carbons (Fsp3) is 0.174. The first-order chi connectivity index (χ1) is 14.4. The van der Waals surface area contributed by atoms with Crippen molar-refractivity contribution in [1.82, 2.24) is 4.98 Å². The van der Waals surface area contributed by atoms with Crippen molar-refractivity contribution in [3.63, 3.8) is 0 Å². The summed E-state index contributed by atoms with van der Waals surface area (Å²) in [5, 5.41) is 13.7. The van der Waals surface area contributed by atoms with E-state index in [0.717, 1.165) is 11.1 Å². The van der Waals surface area contributed by atoms with Crippen LogP contribution in [0.3, 0.4) is 0 Å². The van der Waals surface area contributed by atoms with Crippen LogP contribution in [0.5, 0.6) is 0 Å². The summed E-state index contributed by atoms with van der Waals surface area (Å²) in [4.78, 5) is 31.5. The number of Topliss-reactive ketones (excluding diaryl/α,β-unsaturated/α-hetero) is 1. The molecule has 1 aromatic heterocycles. The molecule has 3 aromatic rings. The molecule has 0 aliphatic carbocycles. The number of anilines is 1. The molecule has 0 saturated carbocycles. The van der Waals surface area contributed by atoms with Crippen LogP contribution in [-0.4, -0.2) is 21.8 Å². The van der Waals surface area contributed by atoms with Crippen LogP contribution >= 0.6 is 22.9 Å². The zero-order chi connectivity index (χ0) is 21.4. The molecule has 0 bridgehead atoms. The molecule has 0 radical (unpaired) electrons. The average Bonchev–Trinajstić information content (AvgIpc) is 3.35. The van der Waals surface area contributed by atoms with E-state index >= 15 is 0 Å². The highest BCUT2D eigenvalue weighted by Crippen LogP contribution is 2.42. The maximum absolute atomic E-state index is 13.0. The van der Waals surface area contributed by atoms with Crippen molar-refractivity contribution < 1.29 is 14.7 Å². The molecule has 1 fully saturated rings. The zero-order valence-electron chi connectivity index (χ0n) is 16.4. The molecule has 1 atom stereocenters. The predicted octanol–water partition coefficient (Wildman–Crippen LogP) is 5.55. The fourth-order valence-electron chi connectivity index (χ4n) is 3.51. The van der Waals surface area contributed by atoms with Crippen LogP contribution in [0.2, 0.25) is 5.02 Å². The van der Waals surface area contributed by atoms with E-state index in [4.69, 9.17) is 11.6 Å². The van der Waals surface area contributed by atoms with Crippen LogP contribution in [0.15, 0.2) is 65.7 Å². The highest BCUT2D eigenvalue weighted by atomic mass is 35.5. The molecule has 2 heterocycles. The van der Waals surface area contributed by atoms with Crippen molar-refractivity contribution >= 4 is 45.5 Å². The van der Waals surface area contributed by atoms with E-state index in [9.17, 15) is 14.7 Å². The third-order valence-electron chi connectivity index (χ3n) is 5.11. The first kappa shape index (κ1) is 20.3. The van der Waals surface area contributed by atoms with Gasteiger partial charge >= 0.3 is 5.91 Å². The van der Waals surface area contributed by atoms with Gasteiger partial charge in [0.25, 0.3) is 5.78 Å². The second-order valence-corrected chi connectivity index (χ2v) is 8.62. The van der Waals surface area contributed by atoms with Crippen LogP contribution in [0.4, 0.5) is 5.13 Å². The van der Waals surface area contributed by atoms with Crippen molar-refractivity contribution in [2.75, 3.05) is 4.90 Å². The number of halogens is 1. The molecule has 30 heavy (non-hydrogen) atoms. The fourth-order valence-corrected chi connectivity index (χ4v) is 4.30. The van der Waals surface area contributed by atoms with E-state index in [-0.39, 0.29) is 11.3 Å². The molecule has 0 unspecified atom stereocenters. The summed E-state index contributed by atoms with van der Waals surface area (Å²) in [7, 11) is 0. The van der Waals surface area contributed by atoms with Crippen molar-refractivity contribution in [2.24, 2.45) is 0 Å². The largest absolute Gasteiger partial charge is 0.507 e. The summed E-state index contributed by atoms with van der Waals surface area (Å²) in [6, 6.07) is 13.5. The Morgan fingerprint density at radius 3 is 2.33 bits per heavy atom. The Bertz CT molecular complexity index is 1120. The van der Waals surface area contributed by atoms with Crippen LogP contribution in [-0.2, 0) is 9.59 Å². The van der Waals surface area contributed by atoms with Gasteiger partial charge in [0, 0.05) is 22.2 Å². The van der Waals surface area contributed by atoms with Crippen molar-refractivity contribution in [3.05, 3.63) is 87.4 Å². The van der Waals surface area contributed by atoms with Gasteiger partial charge in [0.05, 0.1) is 11.6 Å². The molecule has 2 aromatic carbocycles. The minimum Gasteiger partial charge on any atom is -0.507 e. The Morgan fingerprint density at radius 2 is 1.77 bits per heavy atom.